The summed E-state index contributed by atoms with van der Waals surface area (Å²) in [6.07, 6.45) is 0.855. The zero-order valence-corrected chi connectivity index (χ0v) is 20.4. The number of benzene rings is 2. The van der Waals surface area contributed by atoms with Gasteiger partial charge in [-0.3, -0.25) is 9.59 Å². The van der Waals surface area contributed by atoms with Crippen LogP contribution in [0.4, 0.5) is 0 Å². The van der Waals surface area contributed by atoms with Crippen LogP contribution in [-0.4, -0.2) is 66.5 Å². The molecule has 0 bridgehead atoms. The molecule has 1 heterocycles. The van der Waals surface area contributed by atoms with Crippen molar-refractivity contribution in [2.24, 2.45) is 0 Å². The second-order valence-corrected chi connectivity index (χ2v) is 8.14. The maximum Gasteiger partial charge on any atom is 0.295 e. The Kier molecular flexibility index (Phi) is 8.71. The number of aliphatic hydroxyl groups is 1. The highest BCUT2D eigenvalue weighted by molar-refractivity contribution is 6.46. The highest BCUT2D eigenvalue weighted by Crippen LogP contribution is 2.41. The second-order valence-electron chi connectivity index (χ2n) is 8.14. The number of rotatable bonds is 11. The van der Waals surface area contributed by atoms with Gasteiger partial charge < -0.3 is 24.4 Å². The molecule has 1 atom stereocenters. The van der Waals surface area contributed by atoms with Gasteiger partial charge in [0, 0.05) is 18.7 Å². The molecule has 0 saturated carbocycles. The zero-order chi connectivity index (χ0) is 24.7. The summed E-state index contributed by atoms with van der Waals surface area (Å²) < 4.78 is 11.3. The van der Waals surface area contributed by atoms with Gasteiger partial charge in [-0.25, -0.2) is 0 Å². The van der Waals surface area contributed by atoms with Gasteiger partial charge in [0.2, 0.25) is 0 Å². The van der Waals surface area contributed by atoms with E-state index in [1.54, 1.807) is 48.4 Å². The normalized spacial score (nSPS) is 17.4. The minimum absolute atomic E-state index is 0.0834. The van der Waals surface area contributed by atoms with E-state index < -0.39 is 17.7 Å². The molecule has 1 amide bonds. The first-order valence-electron chi connectivity index (χ1n) is 11.8. The molecular weight excluding hydrogens is 432 g/mol. The molecule has 2 aromatic carbocycles. The number of hydrogen-bond donors (Lipinski definition) is 1. The van der Waals surface area contributed by atoms with Crippen molar-refractivity contribution in [3.05, 3.63) is 65.2 Å². The molecule has 7 heteroatoms. The summed E-state index contributed by atoms with van der Waals surface area (Å²) in [6, 6.07) is 13.5. The molecule has 1 aliphatic rings. The third-order valence-electron chi connectivity index (χ3n) is 6.10. The van der Waals surface area contributed by atoms with Crippen molar-refractivity contribution in [2.75, 3.05) is 39.9 Å². The fourth-order valence-corrected chi connectivity index (χ4v) is 4.18. The van der Waals surface area contributed by atoms with Gasteiger partial charge in [0.05, 0.1) is 25.3 Å². The minimum Gasteiger partial charge on any atom is -0.507 e. The average Bonchev–Trinajstić information content (AvgIpc) is 3.13. The number of carbonyl (C=O) groups excluding carboxylic acids is 2. The number of likely N-dealkylation sites (N-methyl/N-ethyl adjacent to an activating group) is 1. The van der Waals surface area contributed by atoms with Crippen LogP contribution < -0.4 is 9.47 Å². The van der Waals surface area contributed by atoms with Gasteiger partial charge in [-0.1, -0.05) is 57.2 Å². The molecular formula is C27H34N2O5. The van der Waals surface area contributed by atoms with E-state index >= 15 is 0 Å². The molecule has 7 nitrogen and oxygen atoms in total. The Morgan fingerprint density at radius 1 is 1.03 bits per heavy atom. The topological polar surface area (TPSA) is 79.3 Å². The lowest BCUT2D eigenvalue weighted by molar-refractivity contribution is -0.140. The van der Waals surface area contributed by atoms with Crippen molar-refractivity contribution >= 4 is 17.4 Å². The smallest absolute Gasteiger partial charge is 0.295 e. The van der Waals surface area contributed by atoms with E-state index in [9.17, 15) is 14.7 Å². The van der Waals surface area contributed by atoms with Crippen LogP contribution in [0.15, 0.2) is 54.1 Å². The Labute approximate surface area is 201 Å². The number of methoxy groups -OCH3 is 1. The van der Waals surface area contributed by atoms with Gasteiger partial charge in [-0.2, -0.15) is 0 Å². The highest BCUT2D eigenvalue weighted by atomic mass is 16.5. The van der Waals surface area contributed by atoms with Crippen molar-refractivity contribution in [3.63, 3.8) is 0 Å². The SMILES string of the molecule is CCCOc1ccc([C@@H]2/C(=C(\O)c3ccccc3)C(=O)C(=O)N2CCN(CC)CC)cc1OC. The lowest BCUT2D eigenvalue weighted by Crippen LogP contribution is -2.38. The lowest BCUT2D eigenvalue weighted by Gasteiger charge is -2.28. The van der Waals surface area contributed by atoms with Gasteiger partial charge in [-0.05, 0) is 37.2 Å². The van der Waals surface area contributed by atoms with Crippen LogP contribution in [-0.2, 0) is 9.59 Å². The Morgan fingerprint density at radius 3 is 2.35 bits per heavy atom. The molecule has 1 fully saturated rings. The number of nitrogens with zero attached hydrogens (tertiary/aromatic N) is 2. The molecule has 0 aliphatic carbocycles. The molecule has 0 aromatic heterocycles. The summed E-state index contributed by atoms with van der Waals surface area (Å²) in [4.78, 5) is 30.1. The van der Waals surface area contributed by atoms with E-state index in [1.165, 1.54) is 0 Å². The van der Waals surface area contributed by atoms with Crippen LogP contribution in [0, 0.1) is 0 Å². The largest absolute Gasteiger partial charge is 0.507 e. The van der Waals surface area contributed by atoms with E-state index in [0.29, 0.717) is 42.3 Å². The minimum atomic E-state index is -0.732. The second kappa shape index (κ2) is 11.7. The number of aliphatic hydroxyl groups excluding tert-OH is 1. The van der Waals surface area contributed by atoms with Gasteiger partial charge in [-0.15, -0.1) is 0 Å². The van der Waals surface area contributed by atoms with Crippen LogP contribution >= 0.6 is 0 Å². The van der Waals surface area contributed by atoms with Crippen molar-refractivity contribution < 1.29 is 24.2 Å². The van der Waals surface area contributed by atoms with Gasteiger partial charge in [0.1, 0.15) is 5.76 Å². The molecule has 1 aliphatic heterocycles. The lowest BCUT2D eigenvalue weighted by atomic mass is 9.95. The number of amides is 1. The van der Waals surface area contributed by atoms with Crippen molar-refractivity contribution in [1.82, 2.24) is 9.80 Å². The number of hydrogen-bond acceptors (Lipinski definition) is 6. The Balaban J connectivity index is 2.11. The van der Waals surface area contributed by atoms with Crippen molar-refractivity contribution in [3.8, 4) is 11.5 Å². The molecule has 1 saturated heterocycles. The number of ketones is 1. The van der Waals surface area contributed by atoms with Crippen molar-refractivity contribution in [1.29, 1.82) is 0 Å². The molecule has 2 aromatic rings. The van der Waals surface area contributed by atoms with Gasteiger partial charge >= 0.3 is 0 Å². The van der Waals surface area contributed by atoms with Crippen LogP contribution in [0.1, 0.15) is 44.4 Å². The third kappa shape index (κ3) is 5.25. The summed E-state index contributed by atoms with van der Waals surface area (Å²) in [6.45, 7) is 9.35. The van der Waals surface area contributed by atoms with E-state index in [0.717, 1.165) is 19.5 Å². The van der Waals surface area contributed by atoms with E-state index in [1.807, 2.05) is 19.1 Å². The van der Waals surface area contributed by atoms with E-state index in [2.05, 4.69) is 18.7 Å². The third-order valence-corrected chi connectivity index (χ3v) is 6.10. The Hall–Kier alpha value is -3.32. The van der Waals surface area contributed by atoms with E-state index in [4.69, 9.17) is 9.47 Å². The first-order valence-corrected chi connectivity index (χ1v) is 11.8. The molecule has 3 rings (SSSR count). The number of ether oxygens (including phenoxy) is 2. The highest BCUT2D eigenvalue weighted by Gasteiger charge is 2.46. The first kappa shape index (κ1) is 25.3. The Bertz CT molecular complexity index is 1030. The number of likely N-dealkylation sites (tertiary alicyclic amines) is 1. The zero-order valence-electron chi connectivity index (χ0n) is 20.4. The number of carbonyl (C=O) groups is 2. The fraction of sp³-hybridized carbons (Fsp3) is 0.407. The quantitative estimate of drug-likeness (QED) is 0.303. The summed E-state index contributed by atoms with van der Waals surface area (Å²) in [7, 11) is 1.55. The van der Waals surface area contributed by atoms with Crippen LogP contribution in [0.5, 0.6) is 11.5 Å². The molecule has 0 spiro atoms. The number of Topliss-reactive ketones (excluding diaryl/α,β-unsaturated/α-hetero) is 1. The van der Waals surface area contributed by atoms with Crippen molar-refractivity contribution in [2.45, 2.75) is 33.2 Å². The molecule has 182 valence electrons. The molecule has 0 unspecified atom stereocenters. The average molecular weight is 467 g/mol. The summed E-state index contributed by atoms with van der Waals surface area (Å²) in [5, 5.41) is 11.1. The maximum absolute atomic E-state index is 13.2. The van der Waals surface area contributed by atoms with Gasteiger partial charge in [0.15, 0.2) is 11.5 Å². The summed E-state index contributed by atoms with van der Waals surface area (Å²) in [5.74, 6) is -0.369. The standard InChI is InChI=1S/C27H34N2O5/c1-5-17-34-21-14-13-20(18-22(21)33-4)24-23(25(30)19-11-9-8-10-12-19)26(31)27(32)29(24)16-15-28(6-2)7-3/h8-14,18,24,30H,5-7,15-17H2,1-4H3/b25-23+/t24-/m1/s1. The molecule has 1 N–H and O–H groups in total. The summed E-state index contributed by atoms with van der Waals surface area (Å²) in [5.41, 5.74) is 1.25. The van der Waals surface area contributed by atoms with Crippen LogP contribution in [0.2, 0.25) is 0 Å². The van der Waals surface area contributed by atoms with E-state index in [-0.39, 0.29) is 11.3 Å². The fourth-order valence-electron chi connectivity index (χ4n) is 4.18. The van der Waals surface area contributed by atoms with Crippen LogP contribution in [0.3, 0.4) is 0 Å². The predicted molar refractivity (Wildman–Crippen MR) is 132 cm³/mol. The maximum atomic E-state index is 13.2. The molecule has 34 heavy (non-hydrogen) atoms. The van der Waals surface area contributed by atoms with Gasteiger partial charge in [0.25, 0.3) is 11.7 Å². The summed E-state index contributed by atoms with van der Waals surface area (Å²) >= 11 is 0. The predicted octanol–water partition coefficient (Wildman–Crippen LogP) is 4.25. The first-order chi connectivity index (χ1) is 16.5. The monoisotopic (exact) mass is 466 g/mol. The Morgan fingerprint density at radius 2 is 1.74 bits per heavy atom. The van der Waals surface area contributed by atoms with Crippen LogP contribution in [0.25, 0.3) is 5.76 Å². The molecule has 0 radical (unpaired) electrons.